The summed E-state index contributed by atoms with van der Waals surface area (Å²) in [5, 5.41) is 15.5. The van der Waals surface area contributed by atoms with E-state index >= 15 is 0 Å². The van der Waals surface area contributed by atoms with Crippen LogP contribution in [0.25, 0.3) is 11.1 Å². The Morgan fingerprint density at radius 3 is 2.48 bits per heavy atom. The van der Waals surface area contributed by atoms with Gasteiger partial charge in [0.2, 0.25) is 0 Å². The molecule has 2 amide bonds. The molecule has 1 unspecified atom stereocenters. The molecule has 2 bridgehead atoms. The minimum Gasteiger partial charge on any atom is -0.336 e. The number of fused-ring (bicyclic) bond motifs is 2. The number of nitriles is 1. The Balaban J connectivity index is 1.53. The lowest BCUT2D eigenvalue weighted by Crippen LogP contribution is -2.75. The van der Waals surface area contributed by atoms with Crippen molar-refractivity contribution in [1.82, 2.24) is 15.5 Å². The molecule has 0 spiro atoms. The van der Waals surface area contributed by atoms with Crippen LogP contribution in [0.15, 0.2) is 48.5 Å². The topological polar surface area (TPSA) is 68.2 Å². The van der Waals surface area contributed by atoms with Gasteiger partial charge in [-0.25, -0.2) is 4.79 Å². The van der Waals surface area contributed by atoms with E-state index in [1.165, 1.54) is 5.56 Å². The number of benzene rings is 2. The van der Waals surface area contributed by atoms with Crippen molar-refractivity contribution in [3.8, 4) is 17.2 Å². The Morgan fingerprint density at radius 2 is 1.85 bits per heavy atom. The minimum absolute atomic E-state index is 0.0442. The molecule has 5 heteroatoms. The SMILES string of the molecule is CC(C)NC(=O)N1[C@@H]2CNC[C@H]1C2c1ccc(-c2cccc(C#N)c2)cc1. The minimum atomic E-state index is 0.0442. The van der Waals surface area contributed by atoms with Crippen LogP contribution >= 0.6 is 0 Å². The summed E-state index contributed by atoms with van der Waals surface area (Å²) < 4.78 is 0. The quantitative estimate of drug-likeness (QED) is 0.884. The molecule has 5 nitrogen and oxygen atoms in total. The predicted octanol–water partition coefficient (Wildman–Crippen LogP) is 3.08. The maximum Gasteiger partial charge on any atom is 0.318 e. The largest absolute Gasteiger partial charge is 0.336 e. The van der Waals surface area contributed by atoms with E-state index < -0.39 is 0 Å². The van der Waals surface area contributed by atoms with Crippen LogP contribution in [0.1, 0.15) is 30.9 Å². The molecule has 0 aliphatic carbocycles. The van der Waals surface area contributed by atoms with Gasteiger partial charge in [0, 0.05) is 25.0 Å². The summed E-state index contributed by atoms with van der Waals surface area (Å²) in [6.07, 6.45) is 0. The number of rotatable bonds is 3. The van der Waals surface area contributed by atoms with E-state index in [4.69, 9.17) is 5.26 Å². The zero-order chi connectivity index (χ0) is 19.0. The maximum absolute atomic E-state index is 12.5. The molecule has 0 saturated carbocycles. The highest BCUT2D eigenvalue weighted by atomic mass is 16.2. The van der Waals surface area contributed by atoms with Crippen molar-refractivity contribution < 1.29 is 4.79 Å². The number of hydrogen-bond acceptors (Lipinski definition) is 3. The van der Waals surface area contributed by atoms with E-state index in [1.807, 2.05) is 43.0 Å². The number of carbonyl (C=O) groups excluding carboxylic acids is 1. The van der Waals surface area contributed by atoms with Gasteiger partial charge >= 0.3 is 6.03 Å². The molecule has 0 aromatic heterocycles. The zero-order valence-corrected chi connectivity index (χ0v) is 15.6. The number of nitrogens with one attached hydrogen (secondary N) is 2. The van der Waals surface area contributed by atoms with E-state index in [-0.39, 0.29) is 24.2 Å². The van der Waals surface area contributed by atoms with Crippen LogP contribution in [0, 0.1) is 11.3 Å². The molecule has 3 atom stereocenters. The van der Waals surface area contributed by atoms with Gasteiger partial charge in [0.15, 0.2) is 0 Å². The number of nitrogens with zero attached hydrogens (tertiary/aromatic N) is 2. The first-order chi connectivity index (χ1) is 13.1. The number of amides is 2. The summed E-state index contributed by atoms with van der Waals surface area (Å²) in [5.41, 5.74) is 4.10. The molecule has 2 fully saturated rings. The fourth-order valence-electron chi connectivity index (χ4n) is 4.31. The smallest absolute Gasteiger partial charge is 0.318 e. The van der Waals surface area contributed by atoms with Crippen LogP contribution in [0.3, 0.4) is 0 Å². The third kappa shape index (κ3) is 3.17. The van der Waals surface area contributed by atoms with Gasteiger partial charge in [0.1, 0.15) is 0 Å². The normalized spacial score (nSPS) is 23.5. The van der Waals surface area contributed by atoms with Crippen molar-refractivity contribution in [2.75, 3.05) is 13.1 Å². The van der Waals surface area contributed by atoms with Crippen molar-refractivity contribution in [3.05, 3.63) is 59.7 Å². The number of carbonyl (C=O) groups is 1. The molecule has 138 valence electrons. The van der Waals surface area contributed by atoms with Crippen LogP contribution < -0.4 is 10.6 Å². The Kier molecular flexibility index (Phi) is 4.59. The van der Waals surface area contributed by atoms with E-state index in [1.54, 1.807) is 0 Å². The summed E-state index contributed by atoms with van der Waals surface area (Å²) in [4.78, 5) is 14.5. The third-order valence-electron chi connectivity index (χ3n) is 5.52. The summed E-state index contributed by atoms with van der Waals surface area (Å²) in [7, 11) is 0. The van der Waals surface area contributed by atoms with Crippen LogP contribution in [0.2, 0.25) is 0 Å². The molecule has 2 aromatic rings. The highest BCUT2D eigenvalue weighted by Crippen LogP contribution is 2.42. The highest BCUT2D eigenvalue weighted by molar-refractivity contribution is 5.77. The average molecular weight is 360 g/mol. The van der Waals surface area contributed by atoms with Gasteiger partial charge in [-0.3, -0.25) is 0 Å². The average Bonchev–Trinajstić information content (AvgIpc) is 2.68. The highest BCUT2D eigenvalue weighted by Gasteiger charge is 2.53. The zero-order valence-electron chi connectivity index (χ0n) is 15.6. The Morgan fingerprint density at radius 1 is 1.15 bits per heavy atom. The molecular weight excluding hydrogens is 336 g/mol. The standard InChI is InChI=1S/C22H24N4O/c1-14(2)25-22(27)26-19-12-24-13-20(26)21(19)17-8-6-16(7-9-17)18-5-3-4-15(10-18)11-23/h3-10,14,19-21,24H,12-13H2,1-2H3,(H,25,27)/t19-,20+,21?. The fourth-order valence-corrected chi connectivity index (χ4v) is 4.31. The molecule has 4 rings (SSSR count). The molecular formula is C22H24N4O. The molecule has 2 N–H and O–H groups in total. The molecule has 2 aliphatic rings. The fraction of sp³-hybridized carbons (Fsp3) is 0.364. The van der Waals surface area contributed by atoms with E-state index in [0.29, 0.717) is 11.5 Å². The van der Waals surface area contributed by atoms with Gasteiger partial charge in [-0.05, 0) is 42.7 Å². The molecule has 2 heterocycles. The lowest BCUT2D eigenvalue weighted by atomic mass is 9.72. The van der Waals surface area contributed by atoms with Crippen molar-refractivity contribution in [3.63, 3.8) is 0 Å². The predicted molar refractivity (Wildman–Crippen MR) is 105 cm³/mol. The second-order valence-electron chi connectivity index (χ2n) is 7.64. The lowest BCUT2D eigenvalue weighted by Gasteiger charge is -2.59. The van der Waals surface area contributed by atoms with Crippen molar-refractivity contribution in [2.45, 2.75) is 37.9 Å². The molecule has 27 heavy (non-hydrogen) atoms. The Bertz CT molecular complexity index is 872. The summed E-state index contributed by atoms with van der Waals surface area (Å²) >= 11 is 0. The molecule has 2 aliphatic heterocycles. The summed E-state index contributed by atoms with van der Waals surface area (Å²) in [6, 6.07) is 19.0. The van der Waals surface area contributed by atoms with Crippen LogP contribution in [-0.2, 0) is 0 Å². The maximum atomic E-state index is 12.5. The first-order valence-corrected chi connectivity index (χ1v) is 9.48. The van der Waals surface area contributed by atoms with Gasteiger partial charge in [-0.1, -0.05) is 36.4 Å². The first-order valence-electron chi connectivity index (χ1n) is 9.48. The summed E-state index contributed by atoms with van der Waals surface area (Å²) in [5.74, 6) is 0.378. The second kappa shape index (κ2) is 7.05. The van der Waals surface area contributed by atoms with Gasteiger partial charge < -0.3 is 15.5 Å². The van der Waals surface area contributed by atoms with E-state index in [0.717, 1.165) is 24.2 Å². The van der Waals surface area contributed by atoms with Gasteiger partial charge in [0.05, 0.1) is 23.7 Å². The lowest BCUT2D eigenvalue weighted by molar-refractivity contribution is -0.00413. The van der Waals surface area contributed by atoms with Crippen LogP contribution in [0.4, 0.5) is 4.79 Å². The second-order valence-corrected chi connectivity index (χ2v) is 7.64. The van der Waals surface area contributed by atoms with Crippen LogP contribution in [-0.4, -0.2) is 42.1 Å². The van der Waals surface area contributed by atoms with E-state index in [2.05, 4.69) is 41.0 Å². The number of piperazine rings is 1. The monoisotopic (exact) mass is 360 g/mol. The van der Waals surface area contributed by atoms with Gasteiger partial charge in [0.25, 0.3) is 0 Å². The van der Waals surface area contributed by atoms with Crippen molar-refractivity contribution in [2.24, 2.45) is 0 Å². The number of piperidine rings is 1. The number of urea groups is 1. The molecule has 2 aromatic carbocycles. The molecule has 2 saturated heterocycles. The summed E-state index contributed by atoms with van der Waals surface area (Å²) in [6.45, 7) is 5.64. The number of hydrogen-bond donors (Lipinski definition) is 2. The Hall–Kier alpha value is -2.84. The van der Waals surface area contributed by atoms with Gasteiger partial charge in [-0.15, -0.1) is 0 Å². The molecule has 0 radical (unpaired) electrons. The van der Waals surface area contributed by atoms with Crippen molar-refractivity contribution >= 4 is 6.03 Å². The Labute approximate surface area is 160 Å². The third-order valence-corrected chi connectivity index (χ3v) is 5.52. The van der Waals surface area contributed by atoms with Crippen molar-refractivity contribution in [1.29, 1.82) is 5.26 Å². The van der Waals surface area contributed by atoms with Crippen LogP contribution in [0.5, 0.6) is 0 Å². The van der Waals surface area contributed by atoms with E-state index in [9.17, 15) is 4.79 Å². The first kappa shape index (κ1) is 17.6. The van der Waals surface area contributed by atoms with Gasteiger partial charge in [-0.2, -0.15) is 5.26 Å².